The molecule has 24 N–H and O–H groups in total. The summed E-state index contributed by atoms with van der Waals surface area (Å²) in [5.41, 5.74) is 0. The van der Waals surface area contributed by atoms with Crippen LogP contribution in [0, 0.1) is 0 Å². The van der Waals surface area contributed by atoms with Gasteiger partial charge in [-0.1, -0.05) is 0 Å². The first kappa shape index (κ1) is 117. The van der Waals surface area contributed by atoms with Gasteiger partial charge < -0.3 is 198 Å². The van der Waals surface area contributed by atoms with Crippen molar-refractivity contribution in [2.45, 2.75) is 348 Å². The van der Waals surface area contributed by atoms with Gasteiger partial charge in [0.1, 0.15) is 146 Å². The summed E-state index contributed by atoms with van der Waals surface area (Å²) in [5, 5.41) is 274. The monoisotopic (exact) mass is 2110 g/mol. The summed E-state index contributed by atoms with van der Waals surface area (Å²) in [7, 11) is 0. The minimum Gasteiger partial charge on any atom is -0.481 e. The minimum atomic E-state index is -2.28. The lowest BCUT2D eigenvalue weighted by molar-refractivity contribution is -0.396. The van der Waals surface area contributed by atoms with E-state index in [1.54, 1.807) is 0 Å². The van der Waals surface area contributed by atoms with Crippen LogP contribution >= 0.6 is 94.1 Å². The number of hydrogen-bond acceptors (Lipinski definition) is 48. The zero-order chi connectivity index (χ0) is 99.3. The number of carbonyl (C=O) groups is 8. The summed E-state index contributed by atoms with van der Waals surface area (Å²) in [6.45, 7) is 0. The van der Waals surface area contributed by atoms with Crippen LogP contribution in [0.2, 0.25) is 0 Å². The molecule has 0 unspecified atom stereocenters. The summed E-state index contributed by atoms with van der Waals surface area (Å²) in [6.07, 6.45) is -81.9. The number of aliphatic hydroxyl groups is 16. The van der Waals surface area contributed by atoms with Gasteiger partial charge in [-0.15, -0.1) is 0 Å². The maximum Gasteiger partial charge on any atom is 0.303 e. The Morgan fingerprint density at radius 1 is 0.154 bits per heavy atom. The summed E-state index contributed by atoms with van der Waals surface area (Å²) in [6, 6.07) is 0. The number of ether oxygens (including phenoxy) is 16. The first-order chi connectivity index (χ1) is 64.7. The van der Waals surface area contributed by atoms with Gasteiger partial charge in [0.25, 0.3) is 0 Å². The Balaban J connectivity index is 1.13. The number of thioether (sulfide) groups is 8. The molecule has 30 fully saturated rings. The van der Waals surface area contributed by atoms with Gasteiger partial charge in [-0.25, -0.2) is 0 Å². The zero-order valence-corrected chi connectivity index (χ0v) is 80.1. The highest BCUT2D eigenvalue weighted by molar-refractivity contribution is 8.00. The largest absolute Gasteiger partial charge is 0.481 e. The molecule has 0 spiro atoms. The van der Waals surface area contributed by atoms with Gasteiger partial charge in [-0.3, -0.25) is 38.4 Å². The molecule has 56 heteroatoms. The lowest BCUT2D eigenvalue weighted by atomic mass is 9.95. The van der Waals surface area contributed by atoms with Crippen molar-refractivity contribution in [3.8, 4) is 0 Å². The smallest absolute Gasteiger partial charge is 0.303 e. The highest BCUT2D eigenvalue weighted by atomic mass is 32.2. The second-order valence-electron chi connectivity index (χ2n) is 33.6. The molecule has 40 atom stereocenters. The first-order valence-electron chi connectivity index (χ1n) is 44.5. The van der Waals surface area contributed by atoms with E-state index in [9.17, 15) is 161 Å². The van der Waals surface area contributed by atoms with Crippen LogP contribution in [-0.4, -0.2) is 508 Å². The van der Waals surface area contributed by atoms with E-state index >= 15 is 0 Å². The molecule has 0 saturated carbocycles. The van der Waals surface area contributed by atoms with Crippen molar-refractivity contribution in [2.75, 3.05) is 92.0 Å². The standard InChI is InChI=1S/C80H128O48S8/c81-41(82)9-1-17-129-25-33-65-49(97)57(105)73(113-33)122-66-34(26-130-18-2-10-42(83)84)115-75(59(107)51(66)99)124-68-36(28-132-20-4-12-44(87)88)117-77(61(109)53(68)101)126-70-38(30-134-22-6-14-46(91)92)119-79(63(111)55(70)103)128-72-40(32-136-24-8-16-48(95)96)120-80(64(112)56(72)104)127-71-39(31-135-23-7-15-47(93)94)118-78(62(110)54(71)102)125-69-37(29-133-21-5-13-45(89)90)116-76(60(108)52(69)100)123-67-35(27-131-19-3-11-43(85)86)114-74(121-65)58(106)50(67)98/h33-40,49-80,97-112H,1-32H2,(H,81,82)(H,83,84)(H,85,86)(H,87,88)(H,89,90)(H,91,92)(H,93,94)(H,95,96)/t33-,34-,35-,36-,37-,38+,39+,40+,49+,50+,51+,52+,53+,54-,55-,56-,57+,58+,59+,60-,61-,62-,63-,64-,65+,66+,67+,68-,69+,70+,71+,72+,73+,74+,75+,76-,77+,78+,79+,80+/m1/s1. The SMILES string of the molecule is O=C(O)CCCSC[C@@H]1O[C@H]2O[C@@H]3[C@H](O)[C@@H](O)[C@H](O[C@@H]4[C@@H](O)[C@@H](O)[C@@H](O[C@@H]5[C@@H](O)[C@H](O)[C@H](O[C@@H]6[C@@H](O)[C@H](O)[C@H](O[C@@H]7[C@@H](O)[C@H](O)[C@H](O[C@H]8[C@@H](O)[C@@H](O)[C@H](O[C@@H]9[C@H](O)[C@@H](O)[C@H](O[C@@H]1[C@H](O)[C@H]2O)O[C@H]9CSCCCC(=O)O)O[C@@H]8CSCCCC(=O)O)O[C@@H]7CSCCCC(=O)O)O[C@@H]6CSCCCC(=O)O)O[C@@H]5CSCCCC(=O)O)O[C@@H]4CSCCCC(=O)O)O[C@H]3CSCCCC(=O)O. The maximum atomic E-state index is 12.4. The topological polar surface area (TPSA) is 770 Å². The molecule has 30 aliphatic heterocycles. The number of carboxylic acid groups (broad SMARTS) is 8. The number of carboxylic acids is 8. The van der Waals surface area contributed by atoms with Crippen LogP contribution in [0.1, 0.15) is 103 Å². The molecule has 0 radical (unpaired) electrons. The summed E-state index contributed by atoms with van der Waals surface area (Å²) in [4.78, 5) is 93.5. The first-order valence-corrected chi connectivity index (χ1v) is 53.7. The van der Waals surface area contributed by atoms with Crippen LogP contribution in [0.3, 0.4) is 0 Å². The van der Waals surface area contributed by atoms with Crippen molar-refractivity contribution >= 4 is 142 Å². The molecule has 0 aromatic heterocycles. The van der Waals surface area contributed by atoms with Gasteiger partial charge in [0.2, 0.25) is 0 Å². The van der Waals surface area contributed by atoms with Crippen molar-refractivity contribution in [3.63, 3.8) is 0 Å². The van der Waals surface area contributed by atoms with Crippen LogP contribution in [0.4, 0.5) is 0 Å². The van der Waals surface area contributed by atoms with Crippen molar-refractivity contribution in [1.82, 2.24) is 0 Å². The van der Waals surface area contributed by atoms with Gasteiger partial charge in [-0.05, 0) is 97.4 Å². The Morgan fingerprint density at radius 3 is 0.338 bits per heavy atom. The quantitative estimate of drug-likeness (QED) is 0.0255. The maximum absolute atomic E-state index is 12.4. The molecular weight excluding hydrogens is 1990 g/mol. The van der Waals surface area contributed by atoms with Crippen LogP contribution in [-0.2, 0) is 114 Å². The van der Waals surface area contributed by atoms with Crippen LogP contribution in [0.15, 0.2) is 0 Å². The van der Waals surface area contributed by atoms with E-state index in [1.165, 1.54) is 0 Å². The minimum absolute atomic E-state index is 0.0622. The molecule has 0 aromatic rings. The van der Waals surface area contributed by atoms with E-state index in [0.29, 0.717) is 0 Å². The fraction of sp³-hybridized carbons (Fsp3) is 0.900. The molecule has 136 heavy (non-hydrogen) atoms. The third kappa shape index (κ3) is 34.7. The lowest BCUT2D eigenvalue weighted by Crippen LogP contribution is -2.69. The molecule has 0 aliphatic carbocycles. The number of hydrogen-bond donors (Lipinski definition) is 24. The van der Waals surface area contributed by atoms with E-state index in [-0.39, 0.29) is 195 Å². The zero-order valence-electron chi connectivity index (χ0n) is 73.5. The van der Waals surface area contributed by atoms with E-state index in [1.807, 2.05) is 0 Å². The van der Waals surface area contributed by atoms with Gasteiger partial charge in [0.05, 0.1) is 48.8 Å². The molecule has 30 aliphatic rings. The Kier molecular flexibility index (Phi) is 50.3. The highest BCUT2D eigenvalue weighted by Gasteiger charge is 2.61. The third-order valence-electron chi connectivity index (χ3n) is 23.1. The van der Waals surface area contributed by atoms with Crippen molar-refractivity contribution < 1.29 is 237 Å². The molecule has 784 valence electrons. The molecule has 16 bridgehead atoms. The van der Waals surface area contributed by atoms with E-state index in [2.05, 4.69) is 0 Å². The average Bonchev–Trinajstić information content (AvgIpc) is 0.763. The Bertz CT molecular complexity index is 2960. The number of aliphatic hydroxyl groups excluding tert-OH is 16. The van der Waals surface area contributed by atoms with Crippen molar-refractivity contribution in [2.24, 2.45) is 0 Å². The highest BCUT2D eigenvalue weighted by Crippen LogP contribution is 2.43. The van der Waals surface area contributed by atoms with Crippen LogP contribution < -0.4 is 0 Å². The molecule has 30 rings (SSSR count). The Hall–Kier alpha value is -2.72. The summed E-state index contributed by atoms with van der Waals surface area (Å²) >= 11 is 8.31. The van der Waals surface area contributed by atoms with E-state index < -0.39 is 293 Å². The summed E-state index contributed by atoms with van der Waals surface area (Å²) in [5.74, 6) is -10.7. The van der Waals surface area contributed by atoms with Gasteiger partial charge in [-0.2, -0.15) is 94.1 Å². The molecule has 0 amide bonds. The van der Waals surface area contributed by atoms with Gasteiger partial charge in [0.15, 0.2) is 50.3 Å². The predicted molar refractivity (Wildman–Crippen MR) is 478 cm³/mol. The average molecular weight is 2110 g/mol. The second-order valence-corrected chi connectivity index (χ2v) is 42.8. The molecule has 0 aromatic carbocycles. The van der Waals surface area contributed by atoms with Crippen LogP contribution in [0.25, 0.3) is 0 Å². The van der Waals surface area contributed by atoms with Crippen LogP contribution in [0.5, 0.6) is 0 Å². The summed E-state index contributed by atoms with van der Waals surface area (Å²) < 4.78 is 102. The molecule has 30 heterocycles. The van der Waals surface area contributed by atoms with Gasteiger partial charge >= 0.3 is 47.8 Å². The van der Waals surface area contributed by atoms with E-state index in [4.69, 9.17) is 75.8 Å². The predicted octanol–water partition coefficient (Wildman–Crippen LogP) is -4.56. The van der Waals surface area contributed by atoms with Gasteiger partial charge in [0, 0.05) is 97.4 Å². The fourth-order valence-electron chi connectivity index (χ4n) is 16.0. The van der Waals surface area contributed by atoms with Crippen molar-refractivity contribution in [3.05, 3.63) is 0 Å². The Morgan fingerprint density at radius 2 is 0.250 bits per heavy atom. The third-order valence-corrected chi connectivity index (χ3v) is 32.3. The fourth-order valence-corrected chi connectivity index (χ4v) is 24.1. The molecule has 48 nitrogen and oxygen atoms in total. The Labute approximate surface area is 814 Å². The number of rotatable bonds is 48. The molecule has 30 saturated heterocycles. The molecular formula is C80H128O48S8. The van der Waals surface area contributed by atoms with E-state index in [0.717, 1.165) is 94.1 Å². The van der Waals surface area contributed by atoms with Crippen molar-refractivity contribution in [1.29, 1.82) is 0 Å². The lowest BCUT2D eigenvalue weighted by Gasteiger charge is -2.51. The number of aliphatic carboxylic acids is 8. The second kappa shape index (κ2) is 58.6. The normalized spacial score (nSPS) is 39.8.